The first-order chi connectivity index (χ1) is 11.5. The van der Waals surface area contributed by atoms with Gasteiger partial charge in [-0.1, -0.05) is 41.5 Å². The predicted molar refractivity (Wildman–Crippen MR) is 109 cm³/mol. The van der Waals surface area contributed by atoms with Gasteiger partial charge in [-0.2, -0.15) is 0 Å². The van der Waals surface area contributed by atoms with Crippen LogP contribution in [0.15, 0.2) is 63.7 Å². The van der Waals surface area contributed by atoms with Crippen molar-refractivity contribution in [3.8, 4) is 0 Å². The zero-order chi connectivity index (χ0) is 17.8. The van der Waals surface area contributed by atoms with Crippen molar-refractivity contribution >= 4 is 6.21 Å². The van der Waals surface area contributed by atoms with Crippen LogP contribution in [0, 0.1) is 0 Å². The van der Waals surface area contributed by atoms with Crippen molar-refractivity contribution in [2.24, 2.45) is 4.99 Å². The van der Waals surface area contributed by atoms with Crippen LogP contribution in [0.4, 0.5) is 0 Å². The monoisotopic (exact) mass is 326 g/mol. The van der Waals surface area contributed by atoms with Gasteiger partial charge >= 0.3 is 0 Å². The average Bonchev–Trinajstić information content (AvgIpc) is 2.53. The Hall–Kier alpha value is -1.67. The van der Waals surface area contributed by atoms with E-state index in [9.17, 15) is 0 Å². The third kappa shape index (κ3) is 9.46. The second kappa shape index (κ2) is 11.8. The van der Waals surface area contributed by atoms with E-state index < -0.39 is 0 Å². The second-order valence-electron chi connectivity index (χ2n) is 6.89. The number of likely N-dealkylation sites (N-methyl/N-ethyl adjacent to an activating group) is 1. The molecule has 0 heterocycles. The fourth-order valence-corrected chi connectivity index (χ4v) is 2.50. The molecule has 24 heavy (non-hydrogen) atoms. The number of rotatable bonds is 8. The molecular formula is C22H34N2. The zero-order valence-electron chi connectivity index (χ0n) is 16.2. The molecule has 0 aromatic heterocycles. The van der Waals surface area contributed by atoms with Gasteiger partial charge in [0.2, 0.25) is 0 Å². The molecule has 0 saturated carbocycles. The molecule has 2 heteroatoms. The molecule has 0 fully saturated rings. The number of allylic oxidation sites excluding steroid dienone is 10. The molecule has 0 radical (unpaired) electrons. The van der Waals surface area contributed by atoms with Gasteiger partial charge in [0.05, 0.1) is 6.54 Å². The molecule has 0 N–H and O–H groups in total. The maximum Gasteiger partial charge on any atom is 0.0516 e. The summed E-state index contributed by atoms with van der Waals surface area (Å²) in [7, 11) is 4.13. The van der Waals surface area contributed by atoms with Gasteiger partial charge in [0.25, 0.3) is 0 Å². The van der Waals surface area contributed by atoms with Crippen molar-refractivity contribution < 1.29 is 0 Å². The summed E-state index contributed by atoms with van der Waals surface area (Å²) in [4.78, 5) is 6.51. The van der Waals surface area contributed by atoms with Crippen molar-refractivity contribution in [3.63, 3.8) is 0 Å². The number of hydrogen-bond donors (Lipinski definition) is 0. The Morgan fingerprint density at radius 3 is 2.46 bits per heavy atom. The number of aliphatic imine (C=N–C) groups is 1. The number of nitrogens with zero attached hydrogens (tertiary/aromatic N) is 2. The molecule has 0 saturated heterocycles. The standard InChI is InChI=1S/C22H34N2/c1-19(13-14-22-12-7-6-11-21(22)3)9-8-10-20(2)15-16-23-17-18-24(4)5/h8-10,13-16H,6-7,11-12,17-18H2,1-5H3/b10-8+,14-13+,19-9+,20-15+,23-16?. The highest BCUT2D eigenvalue weighted by Crippen LogP contribution is 2.25. The normalized spacial score (nSPS) is 18.1. The van der Waals surface area contributed by atoms with E-state index >= 15 is 0 Å². The van der Waals surface area contributed by atoms with E-state index in [-0.39, 0.29) is 0 Å². The summed E-state index contributed by atoms with van der Waals surface area (Å²) >= 11 is 0. The summed E-state index contributed by atoms with van der Waals surface area (Å²) in [6.45, 7) is 8.36. The van der Waals surface area contributed by atoms with Gasteiger partial charge in [0.1, 0.15) is 0 Å². The maximum atomic E-state index is 4.37. The molecular weight excluding hydrogens is 292 g/mol. The highest BCUT2D eigenvalue weighted by molar-refractivity contribution is 5.72. The van der Waals surface area contributed by atoms with Gasteiger partial charge in [0.15, 0.2) is 0 Å². The molecule has 0 aromatic carbocycles. The van der Waals surface area contributed by atoms with Crippen LogP contribution in [0.1, 0.15) is 46.5 Å². The molecule has 0 spiro atoms. The minimum absolute atomic E-state index is 0.847. The molecule has 0 atom stereocenters. The van der Waals surface area contributed by atoms with E-state index in [0.29, 0.717) is 0 Å². The lowest BCUT2D eigenvalue weighted by Gasteiger charge is -2.14. The zero-order valence-corrected chi connectivity index (χ0v) is 16.2. The molecule has 0 amide bonds. The van der Waals surface area contributed by atoms with Crippen LogP contribution in [0.3, 0.4) is 0 Å². The quantitative estimate of drug-likeness (QED) is 0.424. The molecule has 0 aliphatic heterocycles. The molecule has 2 nitrogen and oxygen atoms in total. The van der Waals surface area contributed by atoms with Gasteiger partial charge < -0.3 is 4.90 Å². The summed E-state index contributed by atoms with van der Waals surface area (Å²) in [5.41, 5.74) is 5.59. The van der Waals surface area contributed by atoms with Crippen LogP contribution in [0.25, 0.3) is 0 Å². The SMILES string of the molecule is CC1=C(/C=C/C(C)=C/C=C/C(C)=C/C=NCCN(C)C)CCCC1. The van der Waals surface area contributed by atoms with Gasteiger partial charge in [-0.3, -0.25) is 4.99 Å². The minimum Gasteiger partial charge on any atom is -0.308 e. The van der Waals surface area contributed by atoms with E-state index in [1.807, 2.05) is 6.21 Å². The predicted octanol–water partition coefficient (Wildman–Crippen LogP) is 5.51. The summed E-state index contributed by atoms with van der Waals surface area (Å²) in [6, 6.07) is 0. The summed E-state index contributed by atoms with van der Waals surface area (Å²) in [5, 5.41) is 0. The largest absolute Gasteiger partial charge is 0.308 e. The van der Waals surface area contributed by atoms with E-state index in [2.05, 4.69) is 81.2 Å². The molecule has 1 aliphatic carbocycles. The van der Waals surface area contributed by atoms with E-state index in [1.54, 1.807) is 5.57 Å². The Bertz CT molecular complexity index is 555. The Kier molecular flexibility index (Phi) is 10.0. The Morgan fingerprint density at radius 1 is 1.04 bits per heavy atom. The number of hydrogen-bond acceptors (Lipinski definition) is 2. The van der Waals surface area contributed by atoms with Crippen molar-refractivity contribution in [1.82, 2.24) is 4.90 Å². The van der Waals surface area contributed by atoms with Crippen molar-refractivity contribution in [3.05, 3.63) is 58.7 Å². The first-order valence-corrected chi connectivity index (χ1v) is 9.02. The van der Waals surface area contributed by atoms with E-state index in [4.69, 9.17) is 0 Å². The lowest BCUT2D eigenvalue weighted by molar-refractivity contribution is 0.421. The van der Waals surface area contributed by atoms with Crippen LogP contribution in [-0.2, 0) is 0 Å². The minimum atomic E-state index is 0.847. The van der Waals surface area contributed by atoms with Crippen LogP contribution in [0.5, 0.6) is 0 Å². The first kappa shape index (κ1) is 20.4. The molecule has 0 bridgehead atoms. The fraction of sp³-hybridized carbons (Fsp3) is 0.500. The third-order valence-electron chi connectivity index (χ3n) is 4.18. The molecule has 0 unspecified atom stereocenters. The molecule has 0 aromatic rings. The van der Waals surface area contributed by atoms with Crippen molar-refractivity contribution in [2.45, 2.75) is 46.5 Å². The van der Waals surface area contributed by atoms with Gasteiger partial charge in [-0.15, -0.1) is 0 Å². The van der Waals surface area contributed by atoms with Crippen LogP contribution in [0.2, 0.25) is 0 Å². The van der Waals surface area contributed by atoms with E-state index in [0.717, 1.165) is 13.1 Å². The van der Waals surface area contributed by atoms with Crippen LogP contribution in [-0.4, -0.2) is 38.3 Å². The van der Waals surface area contributed by atoms with Crippen molar-refractivity contribution in [1.29, 1.82) is 0 Å². The Morgan fingerprint density at radius 2 is 1.75 bits per heavy atom. The van der Waals surface area contributed by atoms with Gasteiger partial charge in [0, 0.05) is 12.8 Å². The highest BCUT2D eigenvalue weighted by Gasteiger charge is 2.05. The lowest BCUT2D eigenvalue weighted by Crippen LogP contribution is -2.15. The van der Waals surface area contributed by atoms with Crippen LogP contribution < -0.4 is 0 Å². The molecule has 1 rings (SSSR count). The summed E-state index contributed by atoms with van der Waals surface area (Å²) in [5.74, 6) is 0. The maximum absolute atomic E-state index is 4.37. The average molecular weight is 327 g/mol. The topological polar surface area (TPSA) is 15.6 Å². The van der Waals surface area contributed by atoms with Gasteiger partial charge in [-0.05, 0) is 77.8 Å². The third-order valence-corrected chi connectivity index (χ3v) is 4.18. The van der Waals surface area contributed by atoms with E-state index in [1.165, 1.54) is 42.4 Å². The Balaban J connectivity index is 2.46. The smallest absolute Gasteiger partial charge is 0.0516 e. The lowest BCUT2D eigenvalue weighted by atomic mass is 9.92. The fourth-order valence-electron chi connectivity index (χ4n) is 2.50. The van der Waals surface area contributed by atoms with Crippen LogP contribution >= 0.6 is 0 Å². The molecule has 1 aliphatic rings. The summed E-state index contributed by atoms with van der Waals surface area (Å²) in [6.07, 6.45) is 20.1. The highest BCUT2D eigenvalue weighted by atomic mass is 15.1. The molecule has 132 valence electrons. The van der Waals surface area contributed by atoms with Gasteiger partial charge in [-0.25, -0.2) is 0 Å². The summed E-state index contributed by atoms with van der Waals surface area (Å²) < 4.78 is 0. The first-order valence-electron chi connectivity index (χ1n) is 9.02. The Labute approximate surface area is 149 Å². The second-order valence-corrected chi connectivity index (χ2v) is 6.89. The van der Waals surface area contributed by atoms with Crippen molar-refractivity contribution in [2.75, 3.05) is 27.2 Å².